The first-order valence-corrected chi connectivity index (χ1v) is 8.75. The summed E-state index contributed by atoms with van der Waals surface area (Å²) in [5, 5.41) is 3.83. The van der Waals surface area contributed by atoms with Gasteiger partial charge in [0.2, 0.25) is 0 Å². The lowest BCUT2D eigenvalue weighted by Gasteiger charge is -2.41. The highest BCUT2D eigenvalue weighted by Crippen LogP contribution is 2.40. The van der Waals surface area contributed by atoms with Crippen molar-refractivity contribution in [1.29, 1.82) is 0 Å². The SMILES string of the molecule is c1ccc(CCC2CC3CCc4ccccc4C3CN2)cc1. The molecule has 0 bridgehead atoms. The molecule has 1 fully saturated rings. The Balaban J connectivity index is 1.39. The number of nitrogens with one attached hydrogen (secondary N) is 1. The van der Waals surface area contributed by atoms with E-state index in [0.29, 0.717) is 6.04 Å². The van der Waals surface area contributed by atoms with E-state index < -0.39 is 0 Å². The Morgan fingerprint density at radius 3 is 2.68 bits per heavy atom. The highest BCUT2D eigenvalue weighted by Gasteiger charge is 2.34. The van der Waals surface area contributed by atoms with E-state index in [9.17, 15) is 0 Å². The second-order valence-electron chi connectivity index (χ2n) is 6.97. The maximum atomic E-state index is 3.83. The van der Waals surface area contributed by atoms with Gasteiger partial charge in [-0.2, -0.15) is 0 Å². The summed E-state index contributed by atoms with van der Waals surface area (Å²) in [5.41, 5.74) is 4.68. The van der Waals surface area contributed by atoms with E-state index in [1.807, 2.05) is 0 Å². The summed E-state index contributed by atoms with van der Waals surface area (Å²) in [6.45, 7) is 1.17. The van der Waals surface area contributed by atoms with Gasteiger partial charge in [0.25, 0.3) is 0 Å². The molecule has 114 valence electrons. The normalized spacial score (nSPS) is 27.0. The lowest BCUT2D eigenvalue weighted by molar-refractivity contribution is 0.233. The van der Waals surface area contributed by atoms with Gasteiger partial charge >= 0.3 is 0 Å². The minimum Gasteiger partial charge on any atom is -0.313 e. The van der Waals surface area contributed by atoms with E-state index in [0.717, 1.165) is 11.8 Å². The molecule has 1 saturated heterocycles. The van der Waals surface area contributed by atoms with Gasteiger partial charge in [-0.15, -0.1) is 0 Å². The topological polar surface area (TPSA) is 12.0 Å². The first-order chi connectivity index (χ1) is 10.9. The van der Waals surface area contributed by atoms with Crippen molar-refractivity contribution in [3.05, 3.63) is 71.3 Å². The van der Waals surface area contributed by atoms with Crippen LogP contribution in [0.5, 0.6) is 0 Å². The molecule has 1 aliphatic heterocycles. The summed E-state index contributed by atoms with van der Waals surface area (Å²) in [4.78, 5) is 0. The fourth-order valence-corrected chi connectivity index (χ4v) is 4.43. The highest BCUT2D eigenvalue weighted by molar-refractivity contribution is 5.34. The lowest BCUT2D eigenvalue weighted by Crippen LogP contribution is -2.44. The van der Waals surface area contributed by atoms with Gasteiger partial charge in [-0.1, -0.05) is 54.6 Å². The van der Waals surface area contributed by atoms with Crippen LogP contribution >= 0.6 is 0 Å². The van der Waals surface area contributed by atoms with E-state index in [-0.39, 0.29) is 0 Å². The Morgan fingerprint density at radius 2 is 1.77 bits per heavy atom. The van der Waals surface area contributed by atoms with Crippen LogP contribution in [0, 0.1) is 5.92 Å². The summed E-state index contributed by atoms with van der Waals surface area (Å²) in [6.07, 6.45) is 6.49. The molecule has 2 aliphatic rings. The van der Waals surface area contributed by atoms with Crippen LogP contribution in [0.15, 0.2) is 54.6 Å². The van der Waals surface area contributed by atoms with Crippen molar-refractivity contribution in [2.45, 2.75) is 44.1 Å². The van der Waals surface area contributed by atoms with Crippen molar-refractivity contribution < 1.29 is 0 Å². The van der Waals surface area contributed by atoms with Crippen molar-refractivity contribution in [3.63, 3.8) is 0 Å². The Morgan fingerprint density at radius 1 is 0.955 bits per heavy atom. The molecule has 22 heavy (non-hydrogen) atoms. The van der Waals surface area contributed by atoms with Crippen LogP contribution in [0.3, 0.4) is 0 Å². The third kappa shape index (κ3) is 2.83. The molecule has 1 nitrogen and oxygen atoms in total. The van der Waals surface area contributed by atoms with Crippen molar-refractivity contribution in [1.82, 2.24) is 5.32 Å². The molecular weight excluding hydrogens is 266 g/mol. The third-order valence-electron chi connectivity index (χ3n) is 5.65. The van der Waals surface area contributed by atoms with Crippen molar-refractivity contribution in [2.75, 3.05) is 6.54 Å². The molecule has 1 N–H and O–H groups in total. The first kappa shape index (κ1) is 14.0. The van der Waals surface area contributed by atoms with Crippen LogP contribution in [0.1, 0.15) is 41.9 Å². The standard InChI is InChI=1S/C21H25N/c1-2-6-16(7-3-1)10-13-19-14-18-12-11-17-8-4-5-9-20(17)21(18)15-22-19/h1-9,18-19,21-22H,10-15H2. The Bertz CT molecular complexity index is 619. The Hall–Kier alpha value is -1.60. The third-order valence-corrected chi connectivity index (χ3v) is 5.65. The van der Waals surface area contributed by atoms with Crippen LogP contribution in [0.4, 0.5) is 0 Å². The van der Waals surface area contributed by atoms with Gasteiger partial charge in [-0.05, 0) is 60.6 Å². The second-order valence-corrected chi connectivity index (χ2v) is 6.97. The van der Waals surface area contributed by atoms with Gasteiger partial charge in [-0.3, -0.25) is 0 Å². The average molecular weight is 291 g/mol. The molecule has 2 aromatic rings. The lowest BCUT2D eigenvalue weighted by atomic mass is 9.70. The van der Waals surface area contributed by atoms with E-state index in [4.69, 9.17) is 0 Å². The maximum Gasteiger partial charge on any atom is 0.00733 e. The van der Waals surface area contributed by atoms with Crippen LogP contribution in [-0.4, -0.2) is 12.6 Å². The summed E-state index contributed by atoms with van der Waals surface area (Å²) >= 11 is 0. The van der Waals surface area contributed by atoms with Crippen molar-refractivity contribution in [2.24, 2.45) is 5.92 Å². The van der Waals surface area contributed by atoms with Gasteiger partial charge in [0.15, 0.2) is 0 Å². The number of fused-ring (bicyclic) bond motifs is 3. The molecule has 1 heterocycles. The van der Waals surface area contributed by atoms with Crippen LogP contribution in [0.2, 0.25) is 0 Å². The fraction of sp³-hybridized carbons (Fsp3) is 0.429. The molecule has 0 radical (unpaired) electrons. The molecular formula is C21H25N. The minimum absolute atomic E-state index is 0.701. The van der Waals surface area contributed by atoms with Gasteiger partial charge < -0.3 is 5.32 Å². The average Bonchev–Trinajstić information content (AvgIpc) is 2.60. The van der Waals surface area contributed by atoms with Gasteiger partial charge in [0, 0.05) is 12.6 Å². The molecule has 0 aromatic heterocycles. The molecule has 2 aromatic carbocycles. The van der Waals surface area contributed by atoms with Gasteiger partial charge in [0.1, 0.15) is 0 Å². The first-order valence-electron chi connectivity index (χ1n) is 8.75. The zero-order valence-electron chi connectivity index (χ0n) is 13.2. The zero-order valence-corrected chi connectivity index (χ0v) is 13.2. The van der Waals surface area contributed by atoms with Crippen LogP contribution < -0.4 is 5.32 Å². The summed E-state index contributed by atoms with van der Waals surface area (Å²) in [6, 6.07) is 20.7. The molecule has 3 unspecified atom stereocenters. The van der Waals surface area contributed by atoms with Crippen LogP contribution in [0.25, 0.3) is 0 Å². The summed E-state index contributed by atoms with van der Waals surface area (Å²) < 4.78 is 0. The number of rotatable bonds is 3. The molecule has 1 heteroatoms. The van der Waals surface area contributed by atoms with E-state index >= 15 is 0 Å². The number of piperidine rings is 1. The van der Waals surface area contributed by atoms with Gasteiger partial charge in [0.05, 0.1) is 0 Å². The number of hydrogen-bond donors (Lipinski definition) is 1. The zero-order chi connectivity index (χ0) is 14.8. The summed E-state index contributed by atoms with van der Waals surface area (Å²) in [5.74, 6) is 1.63. The largest absolute Gasteiger partial charge is 0.313 e. The highest BCUT2D eigenvalue weighted by atomic mass is 14.9. The van der Waals surface area contributed by atoms with E-state index in [2.05, 4.69) is 59.9 Å². The molecule has 0 amide bonds. The quantitative estimate of drug-likeness (QED) is 0.887. The van der Waals surface area contributed by atoms with Crippen molar-refractivity contribution >= 4 is 0 Å². The van der Waals surface area contributed by atoms with Gasteiger partial charge in [-0.25, -0.2) is 0 Å². The molecule has 4 rings (SSSR count). The predicted molar refractivity (Wildman–Crippen MR) is 92.2 cm³/mol. The number of hydrogen-bond acceptors (Lipinski definition) is 1. The molecule has 1 aliphatic carbocycles. The van der Waals surface area contributed by atoms with Crippen molar-refractivity contribution in [3.8, 4) is 0 Å². The summed E-state index contributed by atoms with van der Waals surface area (Å²) in [7, 11) is 0. The molecule has 0 spiro atoms. The molecule has 3 atom stereocenters. The predicted octanol–water partition coefficient (Wildman–Crippen LogP) is 4.33. The Kier molecular flexibility index (Phi) is 3.99. The fourth-order valence-electron chi connectivity index (χ4n) is 4.43. The smallest absolute Gasteiger partial charge is 0.00733 e. The van der Waals surface area contributed by atoms with Crippen LogP contribution in [-0.2, 0) is 12.8 Å². The van der Waals surface area contributed by atoms with E-state index in [1.54, 1.807) is 11.1 Å². The minimum atomic E-state index is 0.701. The second kappa shape index (κ2) is 6.26. The maximum absolute atomic E-state index is 3.83. The Labute approximate surface area is 133 Å². The van der Waals surface area contributed by atoms with E-state index in [1.165, 1.54) is 44.2 Å². The number of benzene rings is 2. The monoisotopic (exact) mass is 291 g/mol. The molecule has 0 saturated carbocycles. The number of aryl methyl sites for hydroxylation is 2.